The lowest BCUT2D eigenvalue weighted by atomic mass is 10.1. The molecule has 0 atom stereocenters. The molecule has 0 unspecified atom stereocenters. The minimum absolute atomic E-state index is 0.0260. The van der Waals surface area contributed by atoms with Crippen molar-refractivity contribution in [2.75, 3.05) is 5.73 Å². The topological polar surface area (TPSA) is 118 Å². The first kappa shape index (κ1) is 12.6. The van der Waals surface area contributed by atoms with Crippen LogP contribution in [-0.2, 0) is 0 Å². The van der Waals surface area contributed by atoms with E-state index in [1.54, 1.807) is 18.2 Å². The number of carbonyl (C=O) groups is 2. The van der Waals surface area contributed by atoms with E-state index in [2.05, 4.69) is 5.32 Å². The third kappa shape index (κ3) is 1.78. The van der Waals surface area contributed by atoms with Crippen LogP contribution in [0.15, 0.2) is 35.1 Å². The summed E-state index contributed by atoms with van der Waals surface area (Å²) in [7, 11) is 0. The monoisotopic (exact) mass is 280 g/mol. The molecule has 102 valence electrons. The van der Waals surface area contributed by atoms with E-state index in [0.29, 0.717) is 11.3 Å². The van der Waals surface area contributed by atoms with Crippen LogP contribution in [0.1, 0.15) is 26.3 Å². The summed E-state index contributed by atoms with van der Waals surface area (Å²) in [6, 6.07) is 9.24. The number of hydrogen-bond acceptors (Lipinski definition) is 5. The van der Waals surface area contributed by atoms with Crippen molar-refractivity contribution in [1.82, 2.24) is 9.88 Å². The molecule has 0 saturated heterocycles. The molecule has 3 rings (SSSR count). The number of aromatic nitrogens is 1. The van der Waals surface area contributed by atoms with E-state index in [0.717, 1.165) is 10.6 Å². The summed E-state index contributed by atoms with van der Waals surface area (Å²) in [5, 5.41) is 11.0. The zero-order valence-corrected chi connectivity index (χ0v) is 10.6. The fourth-order valence-electron chi connectivity index (χ4n) is 2.26. The van der Waals surface area contributed by atoms with Gasteiger partial charge >= 0.3 is 0 Å². The highest BCUT2D eigenvalue weighted by Crippen LogP contribution is 2.22. The molecule has 1 aromatic heterocycles. The lowest BCUT2D eigenvalue weighted by Crippen LogP contribution is -2.24. The summed E-state index contributed by atoms with van der Waals surface area (Å²) in [6.45, 7) is 0. The number of carbonyl (C=O) groups excluding carboxylic acids is 2. The fourth-order valence-corrected chi connectivity index (χ4v) is 2.26. The molecule has 0 fully saturated rings. The Morgan fingerprint density at radius 2 is 1.90 bits per heavy atom. The number of amides is 2. The Labute approximate surface area is 118 Å². The molecule has 0 aliphatic carbocycles. The number of nitriles is 1. The van der Waals surface area contributed by atoms with Gasteiger partial charge in [-0.15, -0.1) is 0 Å². The van der Waals surface area contributed by atoms with Crippen LogP contribution in [0.4, 0.5) is 5.82 Å². The largest absolute Gasteiger partial charge is 0.384 e. The van der Waals surface area contributed by atoms with E-state index in [1.807, 2.05) is 6.07 Å². The smallest absolute Gasteiger partial charge is 0.262 e. The number of imide groups is 1. The molecule has 0 saturated carbocycles. The maximum atomic E-state index is 12.2. The van der Waals surface area contributed by atoms with Gasteiger partial charge in [0.2, 0.25) is 0 Å². The Morgan fingerprint density at radius 1 is 1.14 bits per heavy atom. The first-order valence-corrected chi connectivity index (χ1v) is 5.94. The SMILES string of the molecule is N#Cc1cccc(-n2c(N)c3c(cc2=O)C(=O)NC3=O)c1. The van der Waals surface area contributed by atoms with E-state index >= 15 is 0 Å². The van der Waals surface area contributed by atoms with Crippen LogP contribution < -0.4 is 16.6 Å². The Balaban J connectivity index is 2.33. The summed E-state index contributed by atoms with van der Waals surface area (Å²) < 4.78 is 1.10. The lowest BCUT2D eigenvalue weighted by Gasteiger charge is -2.11. The zero-order valence-electron chi connectivity index (χ0n) is 10.6. The molecule has 1 aliphatic rings. The van der Waals surface area contributed by atoms with Crippen molar-refractivity contribution in [3.8, 4) is 11.8 Å². The molecule has 0 spiro atoms. The molecule has 3 N–H and O–H groups in total. The van der Waals surface area contributed by atoms with Crippen molar-refractivity contribution in [1.29, 1.82) is 5.26 Å². The van der Waals surface area contributed by atoms with Crippen LogP contribution in [0.3, 0.4) is 0 Å². The number of benzene rings is 1. The molecule has 2 heterocycles. The molecular formula is C14H8N4O3. The minimum Gasteiger partial charge on any atom is -0.384 e. The second-order valence-electron chi connectivity index (χ2n) is 4.44. The highest BCUT2D eigenvalue weighted by molar-refractivity contribution is 6.23. The second-order valence-corrected chi connectivity index (χ2v) is 4.44. The molecule has 1 aromatic carbocycles. The standard InChI is InChI=1S/C14H8N4O3/c15-6-7-2-1-3-8(4-7)18-10(19)5-9-11(12(18)16)14(21)17-13(9)20/h1-5H,16H2,(H,17,20,21). The third-order valence-electron chi connectivity index (χ3n) is 3.19. The maximum Gasteiger partial charge on any atom is 0.262 e. The van der Waals surface area contributed by atoms with Crippen LogP contribution in [0, 0.1) is 11.3 Å². The Hall–Kier alpha value is -3.40. The number of nitrogen functional groups attached to an aromatic ring is 1. The Morgan fingerprint density at radius 3 is 2.62 bits per heavy atom. The van der Waals surface area contributed by atoms with Gasteiger partial charge in [-0.3, -0.25) is 24.3 Å². The number of nitrogens with two attached hydrogens (primary N) is 1. The van der Waals surface area contributed by atoms with E-state index in [1.165, 1.54) is 6.07 Å². The van der Waals surface area contributed by atoms with Gasteiger partial charge in [0, 0.05) is 6.07 Å². The van der Waals surface area contributed by atoms with Gasteiger partial charge in [0.25, 0.3) is 17.4 Å². The van der Waals surface area contributed by atoms with Crippen LogP contribution >= 0.6 is 0 Å². The number of nitrogens with zero attached hydrogens (tertiary/aromatic N) is 2. The predicted octanol–water partition coefficient (Wildman–Crippen LogP) is 0.175. The van der Waals surface area contributed by atoms with Gasteiger partial charge in [0.1, 0.15) is 5.82 Å². The van der Waals surface area contributed by atoms with Gasteiger partial charge in [-0.2, -0.15) is 5.26 Å². The summed E-state index contributed by atoms with van der Waals surface area (Å²) >= 11 is 0. The highest BCUT2D eigenvalue weighted by atomic mass is 16.2. The number of hydrogen-bond donors (Lipinski definition) is 2. The van der Waals surface area contributed by atoms with Crippen molar-refractivity contribution in [2.45, 2.75) is 0 Å². The molecule has 7 heteroatoms. The van der Waals surface area contributed by atoms with E-state index in [-0.39, 0.29) is 16.9 Å². The Kier molecular flexibility index (Phi) is 2.59. The van der Waals surface area contributed by atoms with Crippen molar-refractivity contribution in [2.24, 2.45) is 0 Å². The van der Waals surface area contributed by atoms with E-state index in [9.17, 15) is 14.4 Å². The third-order valence-corrected chi connectivity index (χ3v) is 3.19. The molecule has 0 radical (unpaired) electrons. The lowest BCUT2D eigenvalue weighted by molar-refractivity contribution is 0.0880. The maximum absolute atomic E-state index is 12.2. The second kappa shape index (κ2) is 4.31. The molecule has 21 heavy (non-hydrogen) atoms. The molecule has 0 bridgehead atoms. The fraction of sp³-hybridized carbons (Fsp3) is 0. The van der Waals surface area contributed by atoms with Crippen LogP contribution in [-0.4, -0.2) is 16.4 Å². The van der Waals surface area contributed by atoms with Crippen LogP contribution in [0.25, 0.3) is 5.69 Å². The number of anilines is 1. The van der Waals surface area contributed by atoms with Crippen LogP contribution in [0.2, 0.25) is 0 Å². The summed E-state index contributed by atoms with van der Waals surface area (Å²) in [5.41, 5.74) is 5.97. The van der Waals surface area contributed by atoms with Gasteiger partial charge in [0.15, 0.2) is 0 Å². The molecular weight excluding hydrogens is 272 g/mol. The average Bonchev–Trinajstić information content (AvgIpc) is 2.74. The molecule has 2 aromatic rings. The first-order chi connectivity index (χ1) is 10.0. The first-order valence-electron chi connectivity index (χ1n) is 5.94. The normalized spacial score (nSPS) is 12.7. The van der Waals surface area contributed by atoms with Gasteiger partial charge in [-0.25, -0.2) is 0 Å². The van der Waals surface area contributed by atoms with Crippen molar-refractivity contribution < 1.29 is 9.59 Å². The van der Waals surface area contributed by atoms with Gasteiger partial charge in [-0.1, -0.05) is 6.07 Å². The number of rotatable bonds is 1. The molecule has 1 aliphatic heterocycles. The number of nitrogens with one attached hydrogen (secondary N) is 1. The van der Waals surface area contributed by atoms with Crippen molar-refractivity contribution in [3.05, 3.63) is 57.4 Å². The predicted molar refractivity (Wildman–Crippen MR) is 73.0 cm³/mol. The Bertz CT molecular complexity index is 905. The van der Waals surface area contributed by atoms with Crippen molar-refractivity contribution in [3.63, 3.8) is 0 Å². The quantitative estimate of drug-likeness (QED) is 0.722. The van der Waals surface area contributed by atoms with E-state index in [4.69, 9.17) is 11.0 Å². The van der Waals surface area contributed by atoms with Gasteiger partial charge in [0.05, 0.1) is 28.4 Å². The average molecular weight is 280 g/mol. The number of pyridine rings is 1. The summed E-state index contributed by atoms with van der Waals surface area (Å²) in [5.74, 6) is -1.41. The molecule has 7 nitrogen and oxygen atoms in total. The molecule has 2 amide bonds. The summed E-state index contributed by atoms with van der Waals surface area (Å²) in [4.78, 5) is 35.4. The summed E-state index contributed by atoms with van der Waals surface area (Å²) in [6.07, 6.45) is 0. The highest BCUT2D eigenvalue weighted by Gasteiger charge is 2.31. The van der Waals surface area contributed by atoms with Crippen molar-refractivity contribution >= 4 is 17.6 Å². The van der Waals surface area contributed by atoms with Crippen LogP contribution in [0.5, 0.6) is 0 Å². The number of fused-ring (bicyclic) bond motifs is 1. The van der Waals surface area contributed by atoms with Gasteiger partial charge in [-0.05, 0) is 18.2 Å². The zero-order chi connectivity index (χ0) is 15.1. The van der Waals surface area contributed by atoms with E-state index < -0.39 is 17.4 Å². The van der Waals surface area contributed by atoms with Gasteiger partial charge < -0.3 is 5.73 Å². The minimum atomic E-state index is -0.642.